The average Bonchev–Trinajstić information content (AvgIpc) is 2.09. The lowest BCUT2D eigenvalue weighted by Gasteiger charge is -2.07. The molecule has 0 spiro atoms. The number of aliphatic hydroxyl groups is 1. The number of nitrogens with two attached hydrogens (primary N) is 1. The zero-order chi connectivity index (χ0) is 9.14. The van der Waals surface area contributed by atoms with Crippen molar-refractivity contribution in [1.29, 1.82) is 0 Å². The van der Waals surface area contributed by atoms with Crippen molar-refractivity contribution in [3.63, 3.8) is 0 Å². The van der Waals surface area contributed by atoms with E-state index in [9.17, 15) is 0 Å². The molecular weight excluding hydrogens is 197 g/mol. The van der Waals surface area contributed by atoms with E-state index in [2.05, 4.69) is 0 Å². The van der Waals surface area contributed by atoms with Crippen molar-refractivity contribution in [1.82, 2.24) is 0 Å². The first kappa shape index (κ1) is 9.81. The normalized spacial score (nSPS) is 10.3. The molecule has 0 bridgehead atoms. The number of hydrogen-bond donors (Lipinski definition) is 2. The van der Waals surface area contributed by atoms with E-state index in [0.29, 0.717) is 15.6 Å². The highest BCUT2D eigenvalue weighted by Gasteiger charge is 2.07. The van der Waals surface area contributed by atoms with Gasteiger partial charge >= 0.3 is 0 Å². The smallest absolute Gasteiger partial charge is 0.0685 e. The molecule has 0 amide bonds. The summed E-state index contributed by atoms with van der Waals surface area (Å²) in [4.78, 5) is 0. The first-order chi connectivity index (χ1) is 5.70. The molecule has 1 aromatic rings. The van der Waals surface area contributed by atoms with Crippen LogP contribution in [0.3, 0.4) is 0 Å². The fourth-order valence-corrected chi connectivity index (χ4v) is 1.44. The minimum Gasteiger partial charge on any atom is -0.392 e. The zero-order valence-electron chi connectivity index (χ0n) is 6.35. The summed E-state index contributed by atoms with van der Waals surface area (Å²) < 4.78 is 0. The number of hydrogen-bond acceptors (Lipinski definition) is 2. The summed E-state index contributed by atoms with van der Waals surface area (Å²) in [5, 5.41) is 9.81. The third-order valence-corrected chi connectivity index (χ3v) is 2.51. The quantitative estimate of drug-likeness (QED) is 0.776. The Bertz CT molecular complexity index is 289. The van der Waals surface area contributed by atoms with E-state index in [4.69, 9.17) is 34.0 Å². The van der Waals surface area contributed by atoms with Crippen LogP contribution in [0.25, 0.3) is 0 Å². The van der Waals surface area contributed by atoms with Crippen LogP contribution >= 0.6 is 23.2 Å². The number of benzene rings is 1. The largest absolute Gasteiger partial charge is 0.392 e. The van der Waals surface area contributed by atoms with Gasteiger partial charge in [0.25, 0.3) is 0 Å². The van der Waals surface area contributed by atoms with Crippen LogP contribution in [-0.4, -0.2) is 5.11 Å². The Balaban J connectivity index is 3.25. The van der Waals surface area contributed by atoms with Crippen LogP contribution in [0.2, 0.25) is 10.0 Å². The van der Waals surface area contributed by atoms with Crippen molar-refractivity contribution >= 4 is 23.2 Å². The molecule has 0 saturated heterocycles. The summed E-state index contributed by atoms with van der Waals surface area (Å²) in [5.41, 5.74) is 6.88. The molecule has 1 rings (SSSR count). The third-order valence-electron chi connectivity index (χ3n) is 1.67. The standard InChI is InChI=1S/C8H9Cl2NO/c9-7-2-1-5(4-12)6(3-11)8(7)10/h1-2,12H,3-4,11H2. The summed E-state index contributed by atoms with van der Waals surface area (Å²) in [6.45, 7) is 0.221. The zero-order valence-corrected chi connectivity index (χ0v) is 7.86. The van der Waals surface area contributed by atoms with E-state index in [1.54, 1.807) is 12.1 Å². The highest BCUT2D eigenvalue weighted by molar-refractivity contribution is 6.42. The lowest BCUT2D eigenvalue weighted by Crippen LogP contribution is -2.02. The Kier molecular flexibility index (Phi) is 3.35. The summed E-state index contributed by atoms with van der Waals surface area (Å²) in [6, 6.07) is 3.37. The molecule has 0 atom stereocenters. The van der Waals surface area contributed by atoms with Crippen LogP contribution in [0, 0.1) is 0 Å². The number of aliphatic hydroxyl groups excluding tert-OH is 1. The van der Waals surface area contributed by atoms with Crippen LogP contribution < -0.4 is 5.73 Å². The Labute approximate surface area is 80.9 Å². The van der Waals surface area contributed by atoms with Gasteiger partial charge in [0, 0.05) is 6.54 Å². The van der Waals surface area contributed by atoms with Gasteiger partial charge in [-0.2, -0.15) is 0 Å². The van der Waals surface area contributed by atoms with Gasteiger partial charge in [-0.15, -0.1) is 0 Å². The molecular formula is C8H9Cl2NO. The minimum atomic E-state index is -0.0660. The van der Waals surface area contributed by atoms with Crippen molar-refractivity contribution in [2.75, 3.05) is 0 Å². The summed E-state index contributed by atoms with van der Waals surface area (Å²) in [5.74, 6) is 0. The fourth-order valence-electron chi connectivity index (χ4n) is 1.00. The van der Waals surface area contributed by atoms with Crippen LogP contribution in [0.15, 0.2) is 12.1 Å². The molecule has 1 aromatic carbocycles. The SMILES string of the molecule is NCc1c(CO)ccc(Cl)c1Cl. The van der Waals surface area contributed by atoms with Crippen LogP contribution in [0.5, 0.6) is 0 Å². The summed E-state index contributed by atoms with van der Waals surface area (Å²) in [7, 11) is 0. The van der Waals surface area contributed by atoms with Crippen molar-refractivity contribution in [3.8, 4) is 0 Å². The maximum atomic E-state index is 8.91. The van der Waals surface area contributed by atoms with E-state index in [1.165, 1.54) is 0 Å². The van der Waals surface area contributed by atoms with Gasteiger partial charge in [0.2, 0.25) is 0 Å². The maximum absolute atomic E-state index is 8.91. The Morgan fingerprint density at radius 2 is 2.00 bits per heavy atom. The fraction of sp³-hybridized carbons (Fsp3) is 0.250. The molecule has 3 N–H and O–H groups in total. The Morgan fingerprint density at radius 1 is 1.33 bits per heavy atom. The molecule has 0 aliphatic carbocycles. The molecule has 4 heteroatoms. The van der Waals surface area contributed by atoms with Gasteiger partial charge in [-0.05, 0) is 17.2 Å². The molecule has 0 aromatic heterocycles. The topological polar surface area (TPSA) is 46.2 Å². The number of halogens is 2. The van der Waals surface area contributed by atoms with Gasteiger partial charge in [0.1, 0.15) is 0 Å². The second-order valence-corrected chi connectivity index (χ2v) is 3.15. The third kappa shape index (κ3) is 1.72. The van der Waals surface area contributed by atoms with Gasteiger partial charge in [-0.25, -0.2) is 0 Å². The lowest BCUT2D eigenvalue weighted by molar-refractivity contribution is 0.280. The Morgan fingerprint density at radius 3 is 2.50 bits per heavy atom. The first-order valence-corrected chi connectivity index (χ1v) is 4.23. The van der Waals surface area contributed by atoms with Crippen molar-refractivity contribution < 1.29 is 5.11 Å². The molecule has 66 valence electrons. The summed E-state index contributed by atoms with van der Waals surface area (Å²) in [6.07, 6.45) is 0. The first-order valence-electron chi connectivity index (χ1n) is 3.47. The lowest BCUT2D eigenvalue weighted by atomic mass is 10.1. The molecule has 2 nitrogen and oxygen atoms in total. The molecule has 0 saturated carbocycles. The van der Waals surface area contributed by atoms with E-state index >= 15 is 0 Å². The van der Waals surface area contributed by atoms with Crippen molar-refractivity contribution in [3.05, 3.63) is 33.3 Å². The Hall–Kier alpha value is -0.280. The molecule has 0 radical (unpaired) electrons. The van der Waals surface area contributed by atoms with Gasteiger partial charge in [0.15, 0.2) is 0 Å². The predicted molar refractivity (Wildman–Crippen MR) is 50.3 cm³/mol. The van der Waals surface area contributed by atoms with Gasteiger partial charge < -0.3 is 10.8 Å². The summed E-state index contributed by atoms with van der Waals surface area (Å²) >= 11 is 11.6. The van der Waals surface area contributed by atoms with Gasteiger partial charge in [-0.1, -0.05) is 29.3 Å². The molecule has 0 heterocycles. The van der Waals surface area contributed by atoms with Gasteiger partial charge in [0.05, 0.1) is 16.7 Å². The number of rotatable bonds is 2. The van der Waals surface area contributed by atoms with Crippen LogP contribution in [0.1, 0.15) is 11.1 Å². The van der Waals surface area contributed by atoms with Crippen LogP contribution in [-0.2, 0) is 13.2 Å². The molecule has 0 aliphatic rings. The predicted octanol–water partition coefficient (Wildman–Crippen LogP) is 1.94. The van der Waals surface area contributed by atoms with Crippen LogP contribution in [0.4, 0.5) is 0 Å². The molecule has 0 unspecified atom stereocenters. The van der Waals surface area contributed by atoms with Crippen molar-refractivity contribution in [2.24, 2.45) is 5.73 Å². The molecule has 12 heavy (non-hydrogen) atoms. The van der Waals surface area contributed by atoms with Gasteiger partial charge in [-0.3, -0.25) is 0 Å². The van der Waals surface area contributed by atoms with Crippen molar-refractivity contribution in [2.45, 2.75) is 13.2 Å². The average molecular weight is 206 g/mol. The highest BCUT2D eigenvalue weighted by Crippen LogP contribution is 2.28. The second kappa shape index (κ2) is 4.10. The molecule has 0 fully saturated rings. The maximum Gasteiger partial charge on any atom is 0.0685 e. The van der Waals surface area contributed by atoms with E-state index in [0.717, 1.165) is 5.56 Å². The highest BCUT2D eigenvalue weighted by atomic mass is 35.5. The monoisotopic (exact) mass is 205 g/mol. The van der Waals surface area contributed by atoms with E-state index in [1.807, 2.05) is 0 Å². The minimum absolute atomic E-state index is 0.0660. The molecule has 0 aliphatic heterocycles. The second-order valence-electron chi connectivity index (χ2n) is 2.36. The van der Waals surface area contributed by atoms with E-state index < -0.39 is 0 Å². The van der Waals surface area contributed by atoms with E-state index in [-0.39, 0.29) is 13.2 Å².